The van der Waals surface area contributed by atoms with Crippen molar-refractivity contribution in [3.8, 4) is 5.88 Å². The van der Waals surface area contributed by atoms with Crippen LogP contribution in [0, 0.1) is 6.92 Å². The number of nitrogens with one attached hydrogen (secondary N) is 1. The van der Waals surface area contributed by atoms with Gasteiger partial charge in [-0.2, -0.15) is 0 Å². The SMILES string of the molecule is C=CCOc1nc2c(cc1C)C(C)CNCC2. The minimum absolute atomic E-state index is 0.514. The minimum Gasteiger partial charge on any atom is -0.473 e. The van der Waals surface area contributed by atoms with Crippen LogP contribution in [0.25, 0.3) is 0 Å². The number of aromatic nitrogens is 1. The van der Waals surface area contributed by atoms with Crippen molar-refractivity contribution in [3.63, 3.8) is 0 Å². The van der Waals surface area contributed by atoms with Crippen molar-refractivity contribution in [1.29, 1.82) is 0 Å². The zero-order valence-electron chi connectivity index (χ0n) is 10.6. The molecule has 0 bridgehead atoms. The zero-order valence-corrected chi connectivity index (χ0v) is 10.6. The third-order valence-corrected chi connectivity index (χ3v) is 3.14. The number of ether oxygens (including phenoxy) is 1. The van der Waals surface area contributed by atoms with E-state index in [1.54, 1.807) is 6.08 Å². The van der Waals surface area contributed by atoms with E-state index in [1.807, 2.05) is 0 Å². The second kappa shape index (κ2) is 5.32. The molecule has 0 amide bonds. The van der Waals surface area contributed by atoms with E-state index in [4.69, 9.17) is 4.74 Å². The summed E-state index contributed by atoms with van der Waals surface area (Å²) < 4.78 is 5.58. The second-order valence-corrected chi connectivity index (χ2v) is 4.60. The smallest absolute Gasteiger partial charge is 0.216 e. The van der Waals surface area contributed by atoms with E-state index < -0.39 is 0 Å². The Kier molecular flexibility index (Phi) is 3.79. The molecule has 0 radical (unpaired) electrons. The number of fused-ring (bicyclic) bond motifs is 1. The largest absolute Gasteiger partial charge is 0.473 e. The van der Waals surface area contributed by atoms with Crippen LogP contribution in [0.1, 0.15) is 29.7 Å². The minimum atomic E-state index is 0.514. The Morgan fingerprint density at radius 2 is 2.47 bits per heavy atom. The quantitative estimate of drug-likeness (QED) is 0.811. The average Bonchev–Trinajstić information content (AvgIpc) is 2.49. The van der Waals surface area contributed by atoms with Gasteiger partial charge in [-0.3, -0.25) is 0 Å². The van der Waals surface area contributed by atoms with E-state index in [9.17, 15) is 0 Å². The van der Waals surface area contributed by atoms with E-state index >= 15 is 0 Å². The first kappa shape index (κ1) is 12.1. The van der Waals surface area contributed by atoms with Crippen LogP contribution in [0.3, 0.4) is 0 Å². The van der Waals surface area contributed by atoms with Crippen LogP contribution in [0.5, 0.6) is 5.88 Å². The van der Waals surface area contributed by atoms with Gasteiger partial charge in [-0.15, -0.1) is 0 Å². The summed E-state index contributed by atoms with van der Waals surface area (Å²) in [6, 6.07) is 2.22. The van der Waals surface area contributed by atoms with Crippen molar-refractivity contribution >= 4 is 0 Å². The second-order valence-electron chi connectivity index (χ2n) is 4.60. The first-order valence-corrected chi connectivity index (χ1v) is 6.17. The van der Waals surface area contributed by atoms with E-state index in [-0.39, 0.29) is 0 Å². The molecule has 0 spiro atoms. The van der Waals surface area contributed by atoms with Crippen molar-refractivity contribution in [2.45, 2.75) is 26.2 Å². The molecule has 0 saturated carbocycles. The van der Waals surface area contributed by atoms with Crippen LogP contribution >= 0.6 is 0 Å². The maximum Gasteiger partial charge on any atom is 0.216 e. The molecule has 1 aliphatic heterocycles. The highest BCUT2D eigenvalue weighted by Gasteiger charge is 2.17. The lowest BCUT2D eigenvalue weighted by molar-refractivity contribution is 0.344. The van der Waals surface area contributed by atoms with Crippen LogP contribution in [0.15, 0.2) is 18.7 Å². The molecule has 1 aromatic heterocycles. The molecular formula is C14H20N2O. The molecule has 0 saturated heterocycles. The Morgan fingerprint density at radius 1 is 1.65 bits per heavy atom. The Morgan fingerprint density at radius 3 is 3.24 bits per heavy atom. The zero-order chi connectivity index (χ0) is 12.3. The number of hydrogen-bond donors (Lipinski definition) is 1. The molecule has 0 aliphatic carbocycles. The van der Waals surface area contributed by atoms with Gasteiger partial charge in [0.25, 0.3) is 0 Å². The number of hydrogen-bond acceptors (Lipinski definition) is 3. The highest BCUT2D eigenvalue weighted by molar-refractivity contribution is 5.36. The molecule has 3 heteroatoms. The summed E-state index contributed by atoms with van der Waals surface area (Å²) in [5.41, 5.74) is 3.64. The van der Waals surface area contributed by atoms with Gasteiger partial charge in [0.1, 0.15) is 6.61 Å². The lowest BCUT2D eigenvalue weighted by atomic mass is 9.98. The highest BCUT2D eigenvalue weighted by Crippen LogP contribution is 2.26. The first-order chi connectivity index (χ1) is 8.22. The topological polar surface area (TPSA) is 34.1 Å². The summed E-state index contributed by atoms with van der Waals surface area (Å²) in [7, 11) is 0. The van der Waals surface area contributed by atoms with Crippen molar-refractivity contribution in [1.82, 2.24) is 10.3 Å². The molecule has 92 valence electrons. The van der Waals surface area contributed by atoms with Gasteiger partial charge in [0.15, 0.2) is 0 Å². The number of rotatable bonds is 3. The number of nitrogens with zero attached hydrogens (tertiary/aromatic N) is 1. The van der Waals surface area contributed by atoms with E-state index in [0.29, 0.717) is 12.5 Å². The molecule has 2 heterocycles. The molecule has 1 N–H and O–H groups in total. The third-order valence-electron chi connectivity index (χ3n) is 3.14. The highest BCUT2D eigenvalue weighted by atomic mass is 16.5. The van der Waals surface area contributed by atoms with Crippen LogP contribution < -0.4 is 10.1 Å². The molecule has 2 rings (SSSR count). The molecule has 1 aliphatic rings. The van der Waals surface area contributed by atoms with Gasteiger partial charge >= 0.3 is 0 Å². The summed E-state index contributed by atoms with van der Waals surface area (Å²) in [6.07, 6.45) is 2.72. The fourth-order valence-corrected chi connectivity index (χ4v) is 2.20. The predicted octanol–water partition coefficient (Wildman–Crippen LogP) is 2.20. The average molecular weight is 232 g/mol. The lowest BCUT2D eigenvalue weighted by Crippen LogP contribution is -2.18. The maximum atomic E-state index is 5.58. The Balaban J connectivity index is 2.33. The van der Waals surface area contributed by atoms with Gasteiger partial charge in [-0.05, 0) is 24.5 Å². The predicted molar refractivity (Wildman–Crippen MR) is 69.7 cm³/mol. The fourth-order valence-electron chi connectivity index (χ4n) is 2.20. The van der Waals surface area contributed by atoms with Gasteiger partial charge in [0.2, 0.25) is 5.88 Å². The van der Waals surface area contributed by atoms with Crippen molar-refractivity contribution in [3.05, 3.63) is 35.5 Å². The summed E-state index contributed by atoms with van der Waals surface area (Å²) in [6.45, 7) is 10.5. The molecule has 1 aromatic rings. The Bertz CT molecular complexity index is 415. The molecular weight excluding hydrogens is 212 g/mol. The van der Waals surface area contributed by atoms with Gasteiger partial charge in [-0.25, -0.2) is 4.98 Å². The summed E-state index contributed by atoms with van der Waals surface area (Å²) in [5.74, 6) is 1.27. The van der Waals surface area contributed by atoms with Gasteiger partial charge < -0.3 is 10.1 Å². The normalized spacial score (nSPS) is 19.3. The lowest BCUT2D eigenvalue weighted by Gasteiger charge is -2.15. The fraction of sp³-hybridized carbons (Fsp3) is 0.500. The van der Waals surface area contributed by atoms with Crippen LogP contribution in [0.4, 0.5) is 0 Å². The van der Waals surface area contributed by atoms with Gasteiger partial charge in [-0.1, -0.05) is 19.6 Å². The molecule has 1 atom stereocenters. The van der Waals surface area contributed by atoms with Crippen LogP contribution in [-0.2, 0) is 6.42 Å². The van der Waals surface area contributed by atoms with E-state index in [1.165, 1.54) is 11.3 Å². The molecule has 17 heavy (non-hydrogen) atoms. The summed E-state index contributed by atoms with van der Waals surface area (Å²) in [4.78, 5) is 4.65. The molecule has 1 unspecified atom stereocenters. The van der Waals surface area contributed by atoms with E-state index in [2.05, 4.69) is 36.8 Å². The van der Waals surface area contributed by atoms with Gasteiger partial charge in [0, 0.05) is 30.8 Å². The van der Waals surface area contributed by atoms with Crippen LogP contribution in [-0.4, -0.2) is 24.7 Å². The monoisotopic (exact) mass is 232 g/mol. The molecule has 0 aromatic carbocycles. The van der Waals surface area contributed by atoms with Crippen LogP contribution in [0.2, 0.25) is 0 Å². The maximum absolute atomic E-state index is 5.58. The number of pyridine rings is 1. The van der Waals surface area contributed by atoms with Crippen molar-refractivity contribution in [2.75, 3.05) is 19.7 Å². The van der Waals surface area contributed by atoms with Gasteiger partial charge in [0.05, 0.1) is 0 Å². The van der Waals surface area contributed by atoms with Crippen molar-refractivity contribution < 1.29 is 4.74 Å². The summed E-state index contributed by atoms with van der Waals surface area (Å²) in [5, 5.41) is 3.43. The Labute approximate surface area is 103 Å². The van der Waals surface area contributed by atoms with E-state index in [0.717, 1.165) is 31.0 Å². The Hall–Kier alpha value is -1.35. The summed E-state index contributed by atoms with van der Waals surface area (Å²) >= 11 is 0. The standard InChI is InChI=1S/C14H20N2O/c1-4-7-17-14-10(2)8-12-11(3)9-15-6-5-13(12)16-14/h4,8,11,15H,1,5-7,9H2,2-3H3. The first-order valence-electron chi connectivity index (χ1n) is 6.17. The molecule has 0 fully saturated rings. The van der Waals surface area contributed by atoms with Crippen molar-refractivity contribution in [2.24, 2.45) is 0 Å². The third kappa shape index (κ3) is 2.67. The molecule has 3 nitrogen and oxygen atoms in total. The number of aryl methyl sites for hydroxylation is 1.